The van der Waals surface area contributed by atoms with Crippen molar-refractivity contribution in [1.82, 2.24) is 24.7 Å². The van der Waals surface area contributed by atoms with Crippen molar-refractivity contribution in [3.05, 3.63) is 41.0 Å². The lowest BCUT2D eigenvalue weighted by molar-refractivity contribution is -0.113. The molecule has 0 radical (unpaired) electrons. The third kappa shape index (κ3) is 3.77. The van der Waals surface area contributed by atoms with Crippen LogP contribution in [0, 0.1) is 6.92 Å². The number of benzene rings is 1. The van der Waals surface area contributed by atoms with Crippen molar-refractivity contribution in [1.29, 1.82) is 0 Å². The molecule has 0 atom stereocenters. The van der Waals surface area contributed by atoms with Gasteiger partial charge in [0.15, 0.2) is 5.82 Å². The van der Waals surface area contributed by atoms with Gasteiger partial charge in [0.1, 0.15) is 5.82 Å². The number of carbonyl (C=O) groups is 1. The minimum atomic E-state index is -0.185. The van der Waals surface area contributed by atoms with E-state index in [1.165, 1.54) is 16.4 Å². The summed E-state index contributed by atoms with van der Waals surface area (Å²) in [5.74, 6) is 7.07. The minimum Gasteiger partial charge on any atom is -0.335 e. The number of hydrogen-bond acceptors (Lipinski definition) is 6. The van der Waals surface area contributed by atoms with Gasteiger partial charge in [-0.05, 0) is 19.1 Å². The van der Waals surface area contributed by atoms with Crippen molar-refractivity contribution >= 4 is 35.1 Å². The highest BCUT2D eigenvalue weighted by atomic mass is 35.5. The molecule has 0 saturated heterocycles. The Morgan fingerprint density at radius 3 is 2.80 bits per heavy atom. The number of hydrogen-bond donors (Lipinski definition) is 2. The second-order valence-electron chi connectivity index (χ2n) is 5.29. The Balaban J connectivity index is 1.67. The molecule has 0 spiro atoms. The number of nitrogens with one attached hydrogen (secondary N) is 1. The molecule has 3 aromatic rings. The predicted molar refractivity (Wildman–Crippen MR) is 97.9 cm³/mol. The number of nitrogens with two attached hydrogens (primary N) is 1. The summed E-state index contributed by atoms with van der Waals surface area (Å²) in [5, 5.41) is 16.0. The van der Waals surface area contributed by atoms with Gasteiger partial charge in [-0.15, -0.1) is 10.2 Å². The largest absolute Gasteiger partial charge is 0.335 e. The van der Waals surface area contributed by atoms with E-state index >= 15 is 0 Å². The Kier molecular flexibility index (Phi) is 4.95. The first-order valence-corrected chi connectivity index (χ1v) is 8.70. The van der Waals surface area contributed by atoms with Gasteiger partial charge in [-0.3, -0.25) is 9.48 Å². The van der Waals surface area contributed by atoms with Crippen LogP contribution < -0.4 is 11.2 Å². The van der Waals surface area contributed by atoms with E-state index in [4.69, 9.17) is 17.4 Å². The smallest absolute Gasteiger partial charge is 0.235 e. The lowest BCUT2D eigenvalue weighted by atomic mass is 10.2. The third-order valence-corrected chi connectivity index (χ3v) is 4.65. The van der Waals surface area contributed by atoms with Gasteiger partial charge in [0.05, 0.1) is 16.5 Å². The average molecular weight is 378 g/mol. The number of aromatic nitrogens is 5. The van der Waals surface area contributed by atoms with Crippen LogP contribution in [-0.2, 0) is 11.8 Å². The van der Waals surface area contributed by atoms with Crippen LogP contribution in [0.15, 0.2) is 35.5 Å². The van der Waals surface area contributed by atoms with Crippen LogP contribution in [0.4, 0.5) is 5.82 Å². The van der Waals surface area contributed by atoms with Crippen molar-refractivity contribution in [2.45, 2.75) is 12.1 Å². The molecule has 0 unspecified atom stereocenters. The molecule has 1 amide bonds. The Bertz CT molecular complexity index is 920. The van der Waals surface area contributed by atoms with E-state index in [9.17, 15) is 4.79 Å². The number of nitrogens with zero attached hydrogens (tertiary/aromatic N) is 5. The molecule has 0 aliphatic heterocycles. The second-order valence-corrected chi connectivity index (χ2v) is 6.64. The number of carbonyl (C=O) groups excluding carboxylic acids is 1. The maximum Gasteiger partial charge on any atom is 0.235 e. The fourth-order valence-electron chi connectivity index (χ4n) is 2.24. The van der Waals surface area contributed by atoms with E-state index < -0.39 is 0 Å². The van der Waals surface area contributed by atoms with E-state index in [0.29, 0.717) is 27.4 Å². The van der Waals surface area contributed by atoms with Crippen molar-refractivity contribution in [2.75, 3.05) is 16.9 Å². The number of nitrogen functional groups attached to an aromatic ring is 1. The molecule has 2 aromatic heterocycles. The Morgan fingerprint density at radius 1 is 1.36 bits per heavy atom. The molecule has 2 heterocycles. The summed E-state index contributed by atoms with van der Waals surface area (Å²) in [6.45, 7) is 1.86. The number of aryl methyl sites for hydroxylation is 2. The van der Waals surface area contributed by atoms with Crippen LogP contribution in [0.25, 0.3) is 11.4 Å². The van der Waals surface area contributed by atoms with Gasteiger partial charge < -0.3 is 11.2 Å². The topological polar surface area (TPSA) is 104 Å². The van der Waals surface area contributed by atoms with Gasteiger partial charge in [0.2, 0.25) is 11.1 Å². The molecular weight excluding hydrogens is 362 g/mol. The molecule has 3 rings (SSSR count). The minimum absolute atomic E-state index is 0.141. The molecule has 0 aliphatic rings. The molecule has 25 heavy (non-hydrogen) atoms. The molecule has 3 N–H and O–H groups in total. The SMILES string of the molecule is Cc1cc(NC(=O)CSc2nnc(-c3ccccc3Cl)n2N)n(C)n1. The highest BCUT2D eigenvalue weighted by Gasteiger charge is 2.16. The van der Waals surface area contributed by atoms with E-state index in [1.54, 1.807) is 23.9 Å². The molecule has 10 heteroatoms. The number of halogens is 1. The van der Waals surface area contributed by atoms with Crippen LogP contribution in [0.2, 0.25) is 5.02 Å². The zero-order valence-electron chi connectivity index (χ0n) is 13.6. The Labute approximate surface area is 153 Å². The zero-order chi connectivity index (χ0) is 18.0. The Morgan fingerprint density at radius 2 is 2.12 bits per heavy atom. The number of rotatable bonds is 5. The predicted octanol–water partition coefficient (Wildman–Crippen LogP) is 2.09. The Hall–Kier alpha value is -2.52. The summed E-state index contributed by atoms with van der Waals surface area (Å²) >= 11 is 7.35. The molecule has 0 saturated carbocycles. The first-order chi connectivity index (χ1) is 12.0. The lowest BCUT2D eigenvalue weighted by Gasteiger charge is -2.06. The monoisotopic (exact) mass is 377 g/mol. The standard InChI is InChI=1S/C15H16ClN7OS/c1-9-7-12(22(2)21-9)18-13(24)8-25-15-20-19-14(23(15)17)10-5-3-4-6-11(10)16/h3-7H,8,17H2,1-2H3,(H,18,24). The van der Waals surface area contributed by atoms with Crippen molar-refractivity contribution in [3.63, 3.8) is 0 Å². The molecule has 1 aromatic carbocycles. The lowest BCUT2D eigenvalue weighted by Crippen LogP contribution is -2.18. The highest BCUT2D eigenvalue weighted by molar-refractivity contribution is 7.99. The molecule has 0 aliphatic carbocycles. The molecular formula is C15H16ClN7OS. The van der Waals surface area contributed by atoms with E-state index in [1.807, 2.05) is 25.1 Å². The zero-order valence-corrected chi connectivity index (χ0v) is 15.2. The van der Waals surface area contributed by atoms with Crippen LogP contribution in [0.1, 0.15) is 5.69 Å². The van der Waals surface area contributed by atoms with Crippen LogP contribution in [0.3, 0.4) is 0 Å². The van der Waals surface area contributed by atoms with Crippen molar-refractivity contribution < 1.29 is 4.79 Å². The third-order valence-electron chi connectivity index (χ3n) is 3.38. The molecule has 0 fully saturated rings. The fraction of sp³-hybridized carbons (Fsp3) is 0.200. The van der Waals surface area contributed by atoms with Crippen molar-refractivity contribution in [2.24, 2.45) is 7.05 Å². The fourth-order valence-corrected chi connectivity index (χ4v) is 3.12. The quantitative estimate of drug-likeness (QED) is 0.521. The normalized spacial score (nSPS) is 10.8. The number of thioether (sulfide) groups is 1. The van der Waals surface area contributed by atoms with E-state index in [-0.39, 0.29) is 11.7 Å². The maximum absolute atomic E-state index is 12.1. The van der Waals surface area contributed by atoms with Crippen LogP contribution in [0.5, 0.6) is 0 Å². The van der Waals surface area contributed by atoms with Gasteiger partial charge in [0, 0.05) is 18.7 Å². The average Bonchev–Trinajstić information content (AvgIpc) is 3.08. The summed E-state index contributed by atoms with van der Waals surface area (Å²) in [6.07, 6.45) is 0. The molecule has 8 nitrogen and oxygen atoms in total. The van der Waals surface area contributed by atoms with Gasteiger partial charge in [0.25, 0.3) is 0 Å². The summed E-state index contributed by atoms with van der Waals surface area (Å²) in [4.78, 5) is 12.1. The van der Waals surface area contributed by atoms with E-state index in [0.717, 1.165) is 5.69 Å². The van der Waals surface area contributed by atoms with Crippen LogP contribution >= 0.6 is 23.4 Å². The number of anilines is 1. The highest BCUT2D eigenvalue weighted by Crippen LogP contribution is 2.27. The first kappa shape index (κ1) is 17.3. The molecule has 0 bridgehead atoms. The van der Waals surface area contributed by atoms with Gasteiger partial charge >= 0.3 is 0 Å². The van der Waals surface area contributed by atoms with Crippen LogP contribution in [-0.4, -0.2) is 36.3 Å². The van der Waals surface area contributed by atoms with Gasteiger partial charge in [-0.25, -0.2) is 4.68 Å². The second kappa shape index (κ2) is 7.16. The van der Waals surface area contributed by atoms with Gasteiger partial charge in [-0.1, -0.05) is 35.5 Å². The maximum atomic E-state index is 12.1. The number of amides is 1. The van der Waals surface area contributed by atoms with Crippen molar-refractivity contribution in [3.8, 4) is 11.4 Å². The summed E-state index contributed by atoms with van der Waals surface area (Å²) < 4.78 is 2.94. The first-order valence-electron chi connectivity index (χ1n) is 7.34. The van der Waals surface area contributed by atoms with Gasteiger partial charge in [-0.2, -0.15) is 5.10 Å². The van der Waals surface area contributed by atoms with E-state index in [2.05, 4.69) is 20.6 Å². The summed E-state index contributed by atoms with van der Waals surface area (Å²) in [5.41, 5.74) is 1.51. The summed E-state index contributed by atoms with van der Waals surface area (Å²) in [6, 6.07) is 9.02. The summed E-state index contributed by atoms with van der Waals surface area (Å²) in [7, 11) is 1.77. The molecule has 130 valence electrons.